The molecule has 0 aromatic heterocycles. The summed E-state index contributed by atoms with van der Waals surface area (Å²) in [7, 11) is 0. The van der Waals surface area contributed by atoms with Gasteiger partial charge in [0.15, 0.2) is 0 Å². The minimum Gasteiger partial charge on any atom is -0.368 e. The summed E-state index contributed by atoms with van der Waals surface area (Å²) in [6.45, 7) is 5.22. The van der Waals surface area contributed by atoms with Gasteiger partial charge in [-0.1, -0.05) is 36.9 Å². The van der Waals surface area contributed by atoms with E-state index in [0.717, 1.165) is 17.1 Å². The van der Waals surface area contributed by atoms with E-state index in [2.05, 4.69) is 24.0 Å². The smallest absolute Gasteiger partial charge is 0.0642 e. The van der Waals surface area contributed by atoms with E-state index in [1.165, 1.54) is 37.8 Å². The lowest BCUT2D eigenvalue weighted by Gasteiger charge is -2.36. The van der Waals surface area contributed by atoms with Crippen molar-refractivity contribution in [1.29, 1.82) is 0 Å². The first-order valence-corrected chi connectivity index (χ1v) is 7.83. The highest BCUT2D eigenvalue weighted by Crippen LogP contribution is 2.33. The van der Waals surface area contributed by atoms with Crippen molar-refractivity contribution in [2.75, 3.05) is 11.4 Å². The summed E-state index contributed by atoms with van der Waals surface area (Å²) in [6, 6.07) is 6.96. The first kappa shape index (κ1) is 14.7. The van der Waals surface area contributed by atoms with Crippen LogP contribution in [0.2, 0.25) is 5.02 Å². The molecule has 2 N–H and O–H groups in total. The maximum atomic E-state index is 6.47. The average Bonchev–Trinajstić information content (AvgIpc) is 2.42. The van der Waals surface area contributed by atoms with E-state index < -0.39 is 0 Å². The molecular weight excluding hydrogens is 256 g/mol. The Balaban J connectivity index is 2.22. The molecule has 1 aliphatic rings. The van der Waals surface area contributed by atoms with E-state index >= 15 is 0 Å². The van der Waals surface area contributed by atoms with Gasteiger partial charge < -0.3 is 10.6 Å². The molecule has 0 amide bonds. The molecule has 2 nitrogen and oxygen atoms in total. The summed E-state index contributed by atoms with van der Waals surface area (Å²) in [5, 5.41) is 0.835. The molecule has 1 aliphatic carbocycles. The summed E-state index contributed by atoms with van der Waals surface area (Å²) in [6.07, 6.45) is 6.65. The molecule has 1 aromatic rings. The molecule has 1 saturated carbocycles. The molecule has 3 heteroatoms. The van der Waals surface area contributed by atoms with Gasteiger partial charge in [0, 0.05) is 18.6 Å². The van der Waals surface area contributed by atoms with Gasteiger partial charge in [0.1, 0.15) is 0 Å². The SMILES string of the molecule is CCN(c1ccc([C@@H](C)N)cc1Cl)C1CCCCC1. The van der Waals surface area contributed by atoms with Crippen LogP contribution in [0, 0.1) is 0 Å². The molecule has 106 valence electrons. The van der Waals surface area contributed by atoms with Gasteiger partial charge in [-0.2, -0.15) is 0 Å². The number of rotatable bonds is 4. The van der Waals surface area contributed by atoms with Gasteiger partial charge >= 0.3 is 0 Å². The normalized spacial score (nSPS) is 18.3. The number of nitrogens with two attached hydrogens (primary N) is 1. The van der Waals surface area contributed by atoms with Crippen LogP contribution in [0.3, 0.4) is 0 Å². The molecule has 0 aliphatic heterocycles. The molecule has 0 radical (unpaired) electrons. The van der Waals surface area contributed by atoms with Crippen molar-refractivity contribution >= 4 is 17.3 Å². The second kappa shape index (κ2) is 6.62. The molecular formula is C16H25ClN2. The summed E-state index contributed by atoms with van der Waals surface area (Å²) in [5.41, 5.74) is 8.18. The Labute approximate surface area is 121 Å². The maximum absolute atomic E-state index is 6.47. The van der Waals surface area contributed by atoms with E-state index in [1.54, 1.807) is 0 Å². The third-order valence-corrected chi connectivity index (χ3v) is 4.47. The van der Waals surface area contributed by atoms with E-state index in [4.69, 9.17) is 17.3 Å². The minimum absolute atomic E-state index is 0.0382. The largest absolute Gasteiger partial charge is 0.368 e. The van der Waals surface area contributed by atoms with E-state index in [-0.39, 0.29) is 6.04 Å². The fourth-order valence-electron chi connectivity index (χ4n) is 3.06. The highest BCUT2D eigenvalue weighted by molar-refractivity contribution is 6.33. The molecule has 0 heterocycles. The zero-order chi connectivity index (χ0) is 13.8. The van der Waals surface area contributed by atoms with Crippen LogP contribution in [0.5, 0.6) is 0 Å². The highest BCUT2D eigenvalue weighted by Gasteiger charge is 2.22. The van der Waals surface area contributed by atoms with Gasteiger partial charge in [-0.05, 0) is 44.4 Å². The molecule has 0 unspecified atom stereocenters. The lowest BCUT2D eigenvalue weighted by atomic mass is 9.93. The summed E-state index contributed by atoms with van der Waals surface area (Å²) >= 11 is 6.47. The number of anilines is 1. The van der Waals surface area contributed by atoms with Crippen LogP contribution >= 0.6 is 11.6 Å². The third kappa shape index (κ3) is 3.43. The Morgan fingerprint density at radius 2 is 2.00 bits per heavy atom. The van der Waals surface area contributed by atoms with Crippen molar-refractivity contribution in [2.45, 2.75) is 58.0 Å². The van der Waals surface area contributed by atoms with E-state index in [1.807, 2.05) is 13.0 Å². The molecule has 1 aromatic carbocycles. The second-order valence-corrected chi connectivity index (χ2v) is 5.98. The molecule has 0 bridgehead atoms. The maximum Gasteiger partial charge on any atom is 0.0642 e. The highest BCUT2D eigenvalue weighted by atomic mass is 35.5. The first-order valence-electron chi connectivity index (χ1n) is 7.45. The third-order valence-electron chi connectivity index (χ3n) is 4.16. The number of halogens is 1. The predicted octanol–water partition coefficient (Wildman–Crippen LogP) is 4.52. The van der Waals surface area contributed by atoms with Crippen LogP contribution in [-0.2, 0) is 0 Å². The van der Waals surface area contributed by atoms with Crippen molar-refractivity contribution in [1.82, 2.24) is 0 Å². The van der Waals surface area contributed by atoms with Crippen molar-refractivity contribution in [3.05, 3.63) is 28.8 Å². The van der Waals surface area contributed by atoms with Gasteiger partial charge in [-0.15, -0.1) is 0 Å². The average molecular weight is 281 g/mol. The summed E-state index contributed by atoms with van der Waals surface area (Å²) in [4.78, 5) is 2.46. The van der Waals surface area contributed by atoms with Gasteiger partial charge in [0.2, 0.25) is 0 Å². The van der Waals surface area contributed by atoms with Crippen molar-refractivity contribution in [3.63, 3.8) is 0 Å². The Morgan fingerprint density at radius 1 is 1.32 bits per heavy atom. The van der Waals surface area contributed by atoms with Crippen molar-refractivity contribution in [2.24, 2.45) is 5.73 Å². The molecule has 19 heavy (non-hydrogen) atoms. The number of benzene rings is 1. The first-order chi connectivity index (χ1) is 9.13. The zero-order valence-electron chi connectivity index (χ0n) is 12.0. The van der Waals surface area contributed by atoms with Gasteiger partial charge in [-0.3, -0.25) is 0 Å². The Bertz CT molecular complexity index is 411. The summed E-state index contributed by atoms with van der Waals surface area (Å²) in [5.74, 6) is 0. The van der Waals surface area contributed by atoms with Gasteiger partial charge in [0.25, 0.3) is 0 Å². The van der Waals surface area contributed by atoms with Crippen LogP contribution in [0.1, 0.15) is 57.6 Å². The lowest BCUT2D eigenvalue weighted by molar-refractivity contribution is 0.418. The summed E-state index contributed by atoms with van der Waals surface area (Å²) < 4.78 is 0. The van der Waals surface area contributed by atoms with E-state index in [0.29, 0.717) is 6.04 Å². The monoisotopic (exact) mass is 280 g/mol. The van der Waals surface area contributed by atoms with Crippen molar-refractivity contribution < 1.29 is 0 Å². The Kier molecular flexibility index (Phi) is 5.12. The van der Waals surface area contributed by atoms with Crippen LogP contribution in [0.4, 0.5) is 5.69 Å². The molecule has 1 atom stereocenters. The molecule has 2 rings (SSSR count). The Hall–Kier alpha value is -0.730. The number of hydrogen-bond donors (Lipinski definition) is 1. The van der Waals surface area contributed by atoms with Crippen LogP contribution in [0.25, 0.3) is 0 Å². The fourth-order valence-corrected chi connectivity index (χ4v) is 3.35. The molecule has 1 fully saturated rings. The van der Waals surface area contributed by atoms with Crippen LogP contribution in [0.15, 0.2) is 18.2 Å². The zero-order valence-corrected chi connectivity index (χ0v) is 12.8. The van der Waals surface area contributed by atoms with E-state index in [9.17, 15) is 0 Å². The van der Waals surface area contributed by atoms with Crippen molar-refractivity contribution in [3.8, 4) is 0 Å². The minimum atomic E-state index is 0.0382. The fraction of sp³-hybridized carbons (Fsp3) is 0.625. The van der Waals surface area contributed by atoms with Crippen LogP contribution in [-0.4, -0.2) is 12.6 Å². The second-order valence-electron chi connectivity index (χ2n) is 5.58. The Morgan fingerprint density at radius 3 is 2.53 bits per heavy atom. The number of nitrogens with zero attached hydrogens (tertiary/aromatic N) is 1. The van der Waals surface area contributed by atoms with Gasteiger partial charge in [-0.25, -0.2) is 0 Å². The molecule has 0 saturated heterocycles. The predicted molar refractivity (Wildman–Crippen MR) is 83.9 cm³/mol. The quantitative estimate of drug-likeness (QED) is 0.879. The topological polar surface area (TPSA) is 29.3 Å². The van der Waals surface area contributed by atoms with Gasteiger partial charge in [0.05, 0.1) is 10.7 Å². The number of hydrogen-bond acceptors (Lipinski definition) is 2. The lowest BCUT2D eigenvalue weighted by Crippen LogP contribution is -2.36. The standard InChI is InChI=1S/C16H25ClN2/c1-3-19(14-7-5-4-6-8-14)16-10-9-13(12(2)18)11-15(16)17/h9-12,14H,3-8,18H2,1-2H3/t12-/m1/s1. The van der Waals surface area contributed by atoms with Crippen LogP contribution < -0.4 is 10.6 Å². The molecule has 0 spiro atoms.